The van der Waals surface area contributed by atoms with E-state index in [1.54, 1.807) is 6.21 Å². The van der Waals surface area contributed by atoms with Gasteiger partial charge >= 0.3 is 0 Å². The monoisotopic (exact) mass is 162 g/mol. The summed E-state index contributed by atoms with van der Waals surface area (Å²) in [5.41, 5.74) is 3.11. The zero-order chi connectivity index (χ0) is 8.97. The Bertz CT molecular complexity index is 270. The highest BCUT2D eigenvalue weighted by molar-refractivity contribution is 5.83. The van der Waals surface area contributed by atoms with Gasteiger partial charge in [0.05, 0.1) is 11.9 Å². The van der Waals surface area contributed by atoms with Crippen molar-refractivity contribution in [3.05, 3.63) is 23.5 Å². The van der Waals surface area contributed by atoms with Crippen molar-refractivity contribution in [1.82, 2.24) is 0 Å². The van der Waals surface area contributed by atoms with Gasteiger partial charge in [-0.05, 0) is 32.3 Å². The summed E-state index contributed by atoms with van der Waals surface area (Å²) in [6.07, 6.45) is 5.87. The number of hydrogen-bond acceptors (Lipinski definition) is 2. The molecule has 2 heteroatoms. The number of allylic oxidation sites excluding steroid dienone is 3. The minimum atomic E-state index is 0.816. The maximum atomic E-state index is 4.25. The second kappa shape index (κ2) is 4.00. The van der Waals surface area contributed by atoms with Crippen LogP contribution in [0.4, 0.5) is 0 Å². The minimum absolute atomic E-state index is 0.816. The van der Waals surface area contributed by atoms with Crippen molar-refractivity contribution in [2.45, 2.75) is 26.7 Å². The van der Waals surface area contributed by atoms with E-state index in [0.29, 0.717) is 0 Å². The average molecular weight is 162 g/mol. The van der Waals surface area contributed by atoms with Gasteiger partial charge in [0.15, 0.2) is 0 Å². The predicted octanol–water partition coefficient (Wildman–Crippen LogP) is 2.73. The van der Waals surface area contributed by atoms with Crippen LogP contribution in [-0.4, -0.2) is 12.4 Å². The Morgan fingerprint density at radius 1 is 1.75 bits per heavy atom. The first-order chi connectivity index (χ1) is 5.70. The van der Waals surface area contributed by atoms with E-state index in [4.69, 9.17) is 0 Å². The van der Waals surface area contributed by atoms with Crippen LogP contribution in [0.3, 0.4) is 0 Å². The molecule has 1 aliphatic rings. The summed E-state index contributed by atoms with van der Waals surface area (Å²) in [5, 5.41) is 0. The third-order valence-electron chi connectivity index (χ3n) is 1.72. The largest absolute Gasteiger partial charge is 0.260 e. The fourth-order valence-electron chi connectivity index (χ4n) is 0.997. The lowest BCUT2D eigenvalue weighted by atomic mass is 10.1. The Morgan fingerprint density at radius 3 is 3.08 bits per heavy atom. The highest BCUT2D eigenvalue weighted by Crippen LogP contribution is 2.14. The average Bonchev–Trinajstić information content (AvgIpc) is 2.03. The molecule has 0 aliphatic carbocycles. The summed E-state index contributed by atoms with van der Waals surface area (Å²) in [6.45, 7) is 7.66. The molecule has 0 bridgehead atoms. The molecular weight excluding hydrogens is 148 g/mol. The second-order valence-electron chi connectivity index (χ2n) is 3.01. The van der Waals surface area contributed by atoms with Gasteiger partial charge in [-0.2, -0.15) is 0 Å². The van der Waals surface area contributed by atoms with Gasteiger partial charge in [-0.3, -0.25) is 9.98 Å². The summed E-state index contributed by atoms with van der Waals surface area (Å²) in [4.78, 5) is 8.35. The van der Waals surface area contributed by atoms with Crippen molar-refractivity contribution < 1.29 is 0 Å². The van der Waals surface area contributed by atoms with Gasteiger partial charge < -0.3 is 0 Å². The molecule has 0 radical (unpaired) electrons. The zero-order valence-corrected chi connectivity index (χ0v) is 7.67. The Kier molecular flexibility index (Phi) is 2.97. The van der Waals surface area contributed by atoms with Crippen LogP contribution < -0.4 is 0 Å². The topological polar surface area (TPSA) is 24.7 Å². The van der Waals surface area contributed by atoms with E-state index in [-0.39, 0.29) is 0 Å². The molecule has 0 aromatic carbocycles. The van der Waals surface area contributed by atoms with Crippen LogP contribution in [0.5, 0.6) is 0 Å². The molecule has 0 aromatic heterocycles. The summed E-state index contributed by atoms with van der Waals surface area (Å²) < 4.78 is 0. The molecule has 12 heavy (non-hydrogen) atoms. The standard InChI is InChI=1S/C10H14N2/c1-8(2)12-7-10-9(3)5-4-6-11-10/h6-7H,1,4-5H2,2-3H3. The predicted molar refractivity (Wildman–Crippen MR) is 53.7 cm³/mol. The Morgan fingerprint density at radius 2 is 2.50 bits per heavy atom. The Balaban J connectivity index is 2.74. The molecule has 0 saturated heterocycles. The summed E-state index contributed by atoms with van der Waals surface area (Å²) >= 11 is 0. The van der Waals surface area contributed by atoms with Crippen molar-refractivity contribution in [3.8, 4) is 0 Å². The van der Waals surface area contributed by atoms with E-state index in [9.17, 15) is 0 Å². The first kappa shape index (κ1) is 8.91. The molecule has 0 fully saturated rings. The van der Waals surface area contributed by atoms with Crippen molar-refractivity contribution in [2.75, 3.05) is 0 Å². The van der Waals surface area contributed by atoms with Gasteiger partial charge in [-0.25, -0.2) is 0 Å². The van der Waals surface area contributed by atoms with Crippen LogP contribution in [0.25, 0.3) is 0 Å². The lowest BCUT2D eigenvalue weighted by Crippen LogP contribution is -1.95. The number of hydrogen-bond donors (Lipinski definition) is 0. The quantitative estimate of drug-likeness (QED) is 0.558. The van der Waals surface area contributed by atoms with E-state index >= 15 is 0 Å². The van der Waals surface area contributed by atoms with Crippen molar-refractivity contribution in [3.63, 3.8) is 0 Å². The van der Waals surface area contributed by atoms with Crippen LogP contribution in [0.1, 0.15) is 26.7 Å². The molecule has 0 saturated carbocycles. The molecule has 0 atom stereocenters. The SMILES string of the molecule is C=C(C)N=CC1=C(C)CCC=N1. The molecule has 1 rings (SSSR count). The molecule has 64 valence electrons. The molecule has 0 spiro atoms. The van der Waals surface area contributed by atoms with Gasteiger partial charge in [-0.15, -0.1) is 0 Å². The molecule has 0 aromatic rings. The van der Waals surface area contributed by atoms with Crippen LogP contribution in [-0.2, 0) is 0 Å². The molecule has 0 unspecified atom stereocenters. The van der Waals surface area contributed by atoms with E-state index in [0.717, 1.165) is 24.2 Å². The number of rotatable bonds is 2. The fourth-order valence-corrected chi connectivity index (χ4v) is 0.997. The van der Waals surface area contributed by atoms with Gasteiger partial charge in [0.1, 0.15) is 0 Å². The molecule has 2 nitrogen and oxygen atoms in total. The van der Waals surface area contributed by atoms with Crippen LogP contribution in [0.2, 0.25) is 0 Å². The molecule has 1 heterocycles. The maximum Gasteiger partial charge on any atom is 0.0797 e. The van der Waals surface area contributed by atoms with Crippen molar-refractivity contribution in [2.24, 2.45) is 9.98 Å². The summed E-state index contributed by atoms with van der Waals surface area (Å²) in [7, 11) is 0. The third kappa shape index (κ3) is 2.46. The third-order valence-corrected chi connectivity index (χ3v) is 1.72. The summed E-state index contributed by atoms with van der Waals surface area (Å²) in [5.74, 6) is 0. The van der Waals surface area contributed by atoms with E-state index in [2.05, 4.69) is 23.5 Å². The smallest absolute Gasteiger partial charge is 0.0797 e. The minimum Gasteiger partial charge on any atom is -0.260 e. The van der Waals surface area contributed by atoms with Gasteiger partial charge in [-0.1, -0.05) is 6.58 Å². The Hall–Kier alpha value is -1.18. The van der Waals surface area contributed by atoms with Crippen LogP contribution in [0.15, 0.2) is 33.5 Å². The van der Waals surface area contributed by atoms with E-state index < -0.39 is 0 Å². The molecular formula is C10H14N2. The normalized spacial score (nSPS) is 17.5. The Labute approximate surface area is 73.4 Å². The van der Waals surface area contributed by atoms with Crippen LogP contribution >= 0.6 is 0 Å². The van der Waals surface area contributed by atoms with Crippen LogP contribution in [0, 0.1) is 0 Å². The van der Waals surface area contributed by atoms with Crippen molar-refractivity contribution in [1.29, 1.82) is 0 Å². The first-order valence-corrected chi connectivity index (χ1v) is 4.12. The maximum absolute atomic E-state index is 4.25. The van der Waals surface area contributed by atoms with Gasteiger partial charge in [0, 0.05) is 11.9 Å². The zero-order valence-electron chi connectivity index (χ0n) is 7.67. The van der Waals surface area contributed by atoms with E-state index in [1.165, 1.54) is 5.57 Å². The number of nitrogens with zero attached hydrogens (tertiary/aromatic N) is 2. The summed E-state index contributed by atoms with van der Waals surface area (Å²) in [6, 6.07) is 0. The lowest BCUT2D eigenvalue weighted by Gasteiger charge is -2.06. The highest BCUT2D eigenvalue weighted by Gasteiger charge is 2.01. The first-order valence-electron chi connectivity index (χ1n) is 4.12. The molecule has 0 N–H and O–H groups in total. The molecule has 0 amide bonds. The number of aliphatic imine (C=N–C) groups is 2. The lowest BCUT2D eigenvalue weighted by molar-refractivity contribution is 0.980. The van der Waals surface area contributed by atoms with Gasteiger partial charge in [0.2, 0.25) is 0 Å². The van der Waals surface area contributed by atoms with E-state index in [1.807, 2.05) is 13.1 Å². The highest BCUT2D eigenvalue weighted by atomic mass is 14.8. The van der Waals surface area contributed by atoms with Gasteiger partial charge in [0.25, 0.3) is 0 Å². The van der Waals surface area contributed by atoms with Crippen molar-refractivity contribution >= 4 is 12.4 Å². The molecule has 1 aliphatic heterocycles. The fraction of sp³-hybridized carbons (Fsp3) is 0.400. The second-order valence-corrected chi connectivity index (χ2v) is 3.01.